The Morgan fingerprint density at radius 2 is 2.29 bits per heavy atom. The summed E-state index contributed by atoms with van der Waals surface area (Å²) in [5, 5.41) is 12.0. The van der Waals surface area contributed by atoms with Crippen LogP contribution in [-0.2, 0) is 14.3 Å². The van der Waals surface area contributed by atoms with Crippen LogP contribution < -0.4 is 5.32 Å². The van der Waals surface area contributed by atoms with Crippen molar-refractivity contribution in [1.29, 1.82) is 0 Å². The Morgan fingerprint density at radius 1 is 1.52 bits per heavy atom. The van der Waals surface area contributed by atoms with Gasteiger partial charge < -0.3 is 19.9 Å². The average molecular weight is 297 g/mol. The van der Waals surface area contributed by atoms with Gasteiger partial charge in [0.2, 0.25) is 6.29 Å². The molecule has 1 amide bonds. The zero-order chi connectivity index (χ0) is 15.2. The lowest BCUT2D eigenvalue weighted by molar-refractivity contribution is -0.171. The standard InChI is InChI=1S/C16H27NO4/c1-3-20-16-13(8-5-9-18)11(2)10-14(21-16)15(19)17-12-6-4-7-12/h10-13,16,18H,3-9H2,1-2H3,(H,17,19)/t11-,13-,16+/m0/s1. The van der Waals surface area contributed by atoms with E-state index in [0.717, 1.165) is 25.7 Å². The van der Waals surface area contributed by atoms with E-state index in [1.165, 1.54) is 6.42 Å². The summed E-state index contributed by atoms with van der Waals surface area (Å²) >= 11 is 0. The van der Waals surface area contributed by atoms with Crippen LogP contribution in [0.15, 0.2) is 11.8 Å². The quantitative estimate of drug-likeness (QED) is 0.754. The molecule has 5 heteroatoms. The molecule has 1 aliphatic heterocycles. The maximum Gasteiger partial charge on any atom is 0.286 e. The van der Waals surface area contributed by atoms with E-state index in [1.54, 1.807) is 0 Å². The van der Waals surface area contributed by atoms with Crippen molar-refractivity contribution in [2.24, 2.45) is 11.8 Å². The van der Waals surface area contributed by atoms with Crippen LogP contribution in [0.25, 0.3) is 0 Å². The summed E-state index contributed by atoms with van der Waals surface area (Å²) in [5.41, 5.74) is 0. The normalized spacial score (nSPS) is 29.3. The Hall–Kier alpha value is -1.07. The van der Waals surface area contributed by atoms with E-state index in [4.69, 9.17) is 14.6 Å². The van der Waals surface area contributed by atoms with Crippen LogP contribution in [0, 0.1) is 11.8 Å². The van der Waals surface area contributed by atoms with Crippen molar-refractivity contribution in [2.45, 2.75) is 58.3 Å². The molecule has 1 fully saturated rings. The maximum atomic E-state index is 12.2. The fourth-order valence-electron chi connectivity index (χ4n) is 2.85. The van der Waals surface area contributed by atoms with Crippen LogP contribution in [0.1, 0.15) is 46.0 Å². The monoisotopic (exact) mass is 297 g/mol. The average Bonchev–Trinajstić information content (AvgIpc) is 2.42. The molecule has 1 saturated carbocycles. The minimum atomic E-state index is -0.399. The van der Waals surface area contributed by atoms with Crippen LogP contribution in [0.4, 0.5) is 0 Å². The van der Waals surface area contributed by atoms with Crippen molar-refractivity contribution in [3.63, 3.8) is 0 Å². The summed E-state index contributed by atoms with van der Waals surface area (Å²) < 4.78 is 11.4. The summed E-state index contributed by atoms with van der Waals surface area (Å²) in [7, 11) is 0. The number of hydrogen-bond donors (Lipinski definition) is 2. The van der Waals surface area contributed by atoms with Crippen LogP contribution in [0.5, 0.6) is 0 Å². The van der Waals surface area contributed by atoms with Gasteiger partial charge in [-0.25, -0.2) is 0 Å². The number of amides is 1. The van der Waals surface area contributed by atoms with Gasteiger partial charge in [-0.05, 0) is 51.0 Å². The molecule has 0 bridgehead atoms. The summed E-state index contributed by atoms with van der Waals surface area (Å²) in [4.78, 5) is 12.2. The highest BCUT2D eigenvalue weighted by atomic mass is 16.7. The largest absolute Gasteiger partial charge is 0.459 e. The lowest BCUT2D eigenvalue weighted by Gasteiger charge is -2.36. The van der Waals surface area contributed by atoms with Crippen molar-refractivity contribution < 1.29 is 19.4 Å². The molecule has 1 heterocycles. The van der Waals surface area contributed by atoms with E-state index < -0.39 is 6.29 Å². The molecule has 1 aliphatic carbocycles. The third-order valence-corrected chi connectivity index (χ3v) is 4.37. The minimum Gasteiger partial charge on any atom is -0.459 e. The smallest absolute Gasteiger partial charge is 0.286 e. The summed E-state index contributed by atoms with van der Waals surface area (Å²) in [6, 6.07) is 0.301. The number of ether oxygens (including phenoxy) is 2. The van der Waals surface area contributed by atoms with Gasteiger partial charge in [-0.3, -0.25) is 4.79 Å². The molecule has 21 heavy (non-hydrogen) atoms. The SMILES string of the molecule is CCO[C@@H]1OC(C(=O)NC2CCC2)=C[C@H](C)[C@@H]1CCCO. The molecular formula is C16H27NO4. The first kappa shape index (κ1) is 16.3. The number of aliphatic hydroxyl groups is 1. The van der Waals surface area contributed by atoms with Gasteiger partial charge in [-0.2, -0.15) is 0 Å². The van der Waals surface area contributed by atoms with Crippen LogP contribution in [0.2, 0.25) is 0 Å². The fraction of sp³-hybridized carbons (Fsp3) is 0.812. The minimum absolute atomic E-state index is 0.128. The number of hydrogen-bond acceptors (Lipinski definition) is 4. The first-order valence-corrected chi connectivity index (χ1v) is 8.07. The number of aliphatic hydroxyl groups excluding tert-OH is 1. The van der Waals surface area contributed by atoms with E-state index >= 15 is 0 Å². The topological polar surface area (TPSA) is 67.8 Å². The van der Waals surface area contributed by atoms with E-state index in [2.05, 4.69) is 12.2 Å². The molecule has 120 valence electrons. The van der Waals surface area contributed by atoms with E-state index in [9.17, 15) is 4.79 Å². The molecule has 0 unspecified atom stereocenters. The van der Waals surface area contributed by atoms with Crippen molar-refractivity contribution in [3.05, 3.63) is 11.8 Å². The van der Waals surface area contributed by atoms with Gasteiger partial charge in [-0.15, -0.1) is 0 Å². The zero-order valence-electron chi connectivity index (χ0n) is 13.0. The molecule has 2 rings (SSSR count). The van der Waals surface area contributed by atoms with E-state index in [-0.39, 0.29) is 24.3 Å². The molecule has 0 saturated heterocycles. The first-order chi connectivity index (χ1) is 10.2. The third-order valence-electron chi connectivity index (χ3n) is 4.37. The number of allylic oxidation sites excluding steroid dienone is 1. The number of carbonyl (C=O) groups is 1. The van der Waals surface area contributed by atoms with Gasteiger partial charge in [0.25, 0.3) is 5.91 Å². The van der Waals surface area contributed by atoms with Crippen LogP contribution in [0.3, 0.4) is 0 Å². The van der Waals surface area contributed by atoms with E-state index in [0.29, 0.717) is 18.4 Å². The van der Waals surface area contributed by atoms with Crippen LogP contribution >= 0.6 is 0 Å². The van der Waals surface area contributed by atoms with Gasteiger partial charge in [0.05, 0.1) is 0 Å². The van der Waals surface area contributed by atoms with Crippen molar-refractivity contribution >= 4 is 5.91 Å². The van der Waals surface area contributed by atoms with Crippen molar-refractivity contribution in [1.82, 2.24) is 5.32 Å². The molecular weight excluding hydrogens is 270 g/mol. The highest BCUT2D eigenvalue weighted by Crippen LogP contribution is 2.32. The predicted octanol–water partition coefficient (Wildman–Crippen LogP) is 1.96. The molecule has 0 aromatic rings. The molecule has 2 aliphatic rings. The van der Waals surface area contributed by atoms with Gasteiger partial charge in [0.1, 0.15) is 0 Å². The highest BCUT2D eigenvalue weighted by molar-refractivity contribution is 5.91. The molecule has 0 radical (unpaired) electrons. The number of rotatable bonds is 7. The first-order valence-electron chi connectivity index (χ1n) is 8.07. The van der Waals surface area contributed by atoms with Crippen LogP contribution in [-0.4, -0.2) is 36.6 Å². The summed E-state index contributed by atoms with van der Waals surface area (Å²) in [6.45, 7) is 4.71. The van der Waals surface area contributed by atoms with E-state index in [1.807, 2.05) is 13.0 Å². The molecule has 0 spiro atoms. The Balaban J connectivity index is 2.00. The highest BCUT2D eigenvalue weighted by Gasteiger charge is 2.35. The Bertz CT molecular complexity index is 378. The number of carbonyl (C=O) groups excluding carboxylic acids is 1. The molecule has 3 atom stereocenters. The zero-order valence-corrected chi connectivity index (χ0v) is 13.0. The predicted molar refractivity (Wildman–Crippen MR) is 79.3 cm³/mol. The maximum absolute atomic E-state index is 12.2. The Kier molecular flexibility index (Phi) is 6.06. The second-order valence-corrected chi connectivity index (χ2v) is 5.96. The molecule has 0 aromatic heterocycles. The molecule has 2 N–H and O–H groups in total. The summed E-state index contributed by atoms with van der Waals surface area (Å²) in [6.07, 6.45) is 6.35. The van der Waals surface area contributed by atoms with Gasteiger partial charge >= 0.3 is 0 Å². The third kappa shape index (κ3) is 4.20. The molecule has 5 nitrogen and oxygen atoms in total. The lowest BCUT2D eigenvalue weighted by Crippen LogP contribution is -2.43. The second-order valence-electron chi connectivity index (χ2n) is 5.96. The fourth-order valence-corrected chi connectivity index (χ4v) is 2.85. The number of nitrogens with one attached hydrogen (secondary N) is 1. The van der Waals surface area contributed by atoms with Gasteiger partial charge in [0.15, 0.2) is 5.76 Å². The van der Waals surface area contributed by atoms with Gasteiger partial charge in [-0.1, -0.05) is 6.92 Å². The Labute approximate surface area is 126 Å². The summed E-state index contributed by atoms with van der Waals surface area (Å²) in [5.74, 6) is 0.631. The molecule has 0 aromatic carbocycles. The van der Waals surface area contributed by atoms with Crippen molar-refractivity contribution in [2.75, 3.05) is 13.2 Å². The lowest BCUT2D eigenvalue weighted by atomic mass is 9.86. The second kappa shape index (κ2) is 7.80. The Morgan fingerprint density at radius 3 is 2.86 bits per heavy atom. The van der Waals surface area contributed by atoms with Crippen molar-refractivity contribution in [3.8, 4) is 0 Å². The van der Waals surface area contributed by atoms with Gasteiger partial charge in [0, 0.05) is 25.2 Å².